The largest absolute Gasteiger partial charge is 0.493 e. The Balaban J connectivity index is 1.69. The van der Waals surface area contributed by atoms with Gasteiger partial charge in [0.2, 0.25) is 5.91 Å². The Kier molecular flexibility index (Phi) is 6.08. The number of carbonyl (C=O) groups is 2. The molecule has 168 valence electrons. The van der Waals surface area contributed by atoms with E-state index >= 15 is 0 Å². The molecule has 0 unspecified atom stereocenters. The minimum Gasteiger partial charge on any atom is -0.493 e. The number of hydrogen-bond donors (Lipinski definition) is 1. The third kappa shape index (κ3) is 3.90. The molecule has 1 aliphatic heterocycles. The molecule has 1 heterocycles. The number of ether oxygens (including phenoxy) is 4. The Labute approximate surface area is 187 Å². The average Bonchev–Trinajstić information content (AvgIpc) is 2.82. The van der Waals surface area contributed by atoms with Crippen molar-refractivity contribution in [2.24, 2.45) is 0 Å². The molecule has 0 radical (unpaired) electrons. The van der Waals surface area contributed by atoms with E-state index in [1.807, 2.05) is 30.3 Å². The van der Waals surface area contributed by atoms with Crippen LogP contribution in [0.15, 0.2) is 47.7 Å². The van der Waals surface area contributed by atoms with Crippen LogP contribution in [-0.2, 0) is 9.59 Å². The summed E-state index contributed by atoms with van der Waals surface area (Å²) in [7, 11) is 6.32. The molecule has 7 nitrogen and oxygen atoms in total. The van der Waals surface area contributed by atoms with Gasteiger partial charge in [-0.1, -0.05) is 12.1 Å². The van der Waals surface area contributed by atoms with Crippen LogP contribution in [-0.4, -0.2) is 40.1 Å². The maximum Gasteiger partial charge on any atom is 0.225 e. The highest BCUT2D eigenvalue weighted by atomic mass is 16.5. The molecule has 1 N–H and O–H groups in total. The predicted molar refractivity (Wildman–Crippen MR) is 119 cm³/mol. The van der Waals surface area contributed by atoms with Gasteiger partial charge in [-0.2, -0.15) is 0 Å². The van der Waals surface area contributed by atoms with Gasteiger partial charge in [0.15, 0.2) is 28.8 Å². The molecule has 1 aliphatic carbocycles. The zero-order chi connectivity index (χ0) is 22.8. The molecule has 0 fully saturated rings. The van der Waals surface area contributed by atoms with Crippen molar-refractivity contribution in [3.63, 3.8) is 0 Å². The summed E-state index contributed by atoms with van der Waals surface area (Å²) in [5.74, 6) is 2.03. The van der Waals surface area contributed by atoms with Crippen molar-refractivity contribution in [1.82, 2.24) is 5.32 Å². The number of nitrogens with one attached hydrogen (secondary N) is 1. The summed E-state index contributed by atoms with van der Waals surface area (Å²) in [6, 6.07) is 11.2. The molecule has 2 aromatic rings. The van der Waals surface area contributed by atoms with E-state index in [0.717, 1.165) is 11.1 Å². The SMILES string of the molecule is COc1ccc([C@H]2CC(=O)C3=C(C2)NC(=O)C[C@H]3c2ccc(OC)c(OC)c2)cc1OC. The quantitative estimate of drug-likeness (QED) is 0.742. The van der Waals surface area contributed by atoms with Gasteiger partial charge in [0, 0.05) is 30.0 Å². The summed E-state index contributed by atoms with van der Waals surface area (Å²) < 4.78 is 21.5. The predicted octanol–water partition coefficient (Wildman–Crippen LogP) is 3.73. The summed E-state index contributed by atoms with van der Waals surface area (Å²) in [6.45, 7) is 0. The molecule has 4 rings (SSSR count). The minimum atomic E-state index is -0.308. The molecule has 0 bridgehead atoms. The Morgan fingerprint density at radius 1 is 0.719 bits per heavy atom. The lowest BCUT2D eigenvalue weighted by Gasteiger charge is -2.34. The summed E-state index contributed by atoms with van der Waals surface area (Å²) >= 11 is 0. The lowest BCUT2D eigenvalue weighted by atomic mass is 9.73. The van der Waals surface area contributed by atoms with Crippen molar-refractivity contribution in [3.05, 3.63) is 58.8 Å². The highest BCUT2D eigenvalue weighted by molar-refractivity contribution is 6.02. The molecular formula is C25H27NO6. The summed E-state index contributed by atoms with van der Waals surface area (Å²) in [5.41, 5.74) is 3.23. The second kappa shape index (κ2) is 8.94. The third-order valence-electron chi connectivity index (χ3n) is 6.23. The Morgan fingerprint density at radius 3 is 1.88 bits per heavy atom. The van der Waals surface area contributed by atoms with Crippen LogP contribution < -0.4 is 24.3 Å². The Hall–Kier alpha value is -3.48. The fraction of sp³-hybridized carbons (Fsp3) is 0.360. The number of benzene rings is 2. The molecule has 32 heavy (non-hydrogen) atoms. The van der Waals surface area contributed by atoms with E-state index in [4.69, 9.17) is 18.9 Å². The molecule has 7 heteroatoms. The maximum absolute atomic E-state index is 13.3. The van der Waals surface area contributed by atoms with Gasteiger partial charge in [-0.25, -0.2) is 0 Å². The molecule has 1 amide bonds. The average molecular weight is 437 g/mol. The number of rotatable bonds is 6. The van der Waals surface area contributed by atoms with Crippen LogP contribution in [0.2, 0.25) is 0 Å². The van der Waals surface area contributed by atoms with E-state index in [1.54, 1.807) is 34.5 Å². The lowest BCUT2D eigenvalue weighted by molar-refractivity contribution is -0.122. The number of amides is 1. The fourth-order valence-electron chi connectivity index (χ4n) is 4.66. The number of ketones is 1. The first-order valence-corrected chi connectivity index (χ1v) is 10.5. The van der Waals surface area contributed by atoms with E-state index in [0.29, 0.717) is 47.1 Å². The first-order chi connectivity index (χ1) is 15.5. The molecular weight excluding hydrogens is 410 g/mol. The molecule has 0 spiro atoms. The van der Waals surface area contributed by atoms with Gasteiger partial charge in [0.25, 0.3) is 0 Å². The van der Waals surface area contributed by atoms with Crippen LogP contribution >= 0.6 is 0 Å². The molecule has 0 aromatic heterocycles. The zero-order valence-corrected chi connectivity index (χ0v) is 18.7. The van der Waals surface area contributed by atoms with Gasteiger partial charge in [0.05, 0.1) is 28.4 Å². The third-order valence-corrected chi connectivity index (χ3v) is 6.23. The topological polar surface area (TPSA) is 83.1 Å². The van der Waals surface area contributed by atoms with Crippen LogP contribution in [0.25, 0.3) is 0 Å². The molecule has 2 atom stereocenters. The number of allylic oxidation sites excluding steroid dienone is 2. The lowest BCUT2D eigenvalue weighted by Crippen LogP contribution is -2.38. The van der Waals surface area contributed by atoms with E-state index in [9.17, 15) is 9.59 Å². The minimum absolute atomic E-state index is 0.0471. The van der Waals surface area contributed by atoms with Crippen molar-refractivity contribution >= 4 is 11.7 Å². The van der Waals surface area contributed by atoms with Crippen LogP contribution in [0.3, 0.4) is 0 Å². The molecule has 2 aromatic carbocycles. The first-order valence-electron chi connectivity index (χ1n) is 10.5. The van der Waals surface area contributed by atoms with Gasteiger partial charge in [0.1, 0.15) is 0 Å². The van der Waals surface area contributed by atoms with E-state index in [-0.39, 0.29) is 29.9 Å². The number of hydrogen-bond acceptors (Lipinski definition) is 6. The van der Waals surface area contributed by atoms with Crippen molar-refractivity contribution in [3.8, 4) is 23.0 Å². The molecule has 0 saturated heterocycles. The van der Waals surface area contributed by atoms with Crippen LogP contribution in [0, 0.1) is 0 Å². The highest BCUT2D eigenvalue weighted by Gasteiger charge is 2.38. The monoisotopic (exact) mass is 437 g/mol. The normalized spacial score (nSPS) is 20.4. The van der Waals surface area contributed by atoms with Gasteiger partial charge < -0.3 is 24.3 Å². The van der Waals surface area contributed by atoms with Crippen LogP contribution in [0.4, 0.5) is 0 Å². The summed E-state index contributed by atoms with van der Waals surface area (Å²) in [4.78, 5) is 25.9. The van der Waals surface area contributed by atoms with Crippen molar-refractivity contribution in [2.75, 3.05) is 28.4 Å². The molecule has 0 saturated carbocycles. The Bertz CT molecular complexity index is 1090. The van der Waals surface area contributed by atoms with Crippen molar-refractivity contribution < 1.29 is 28.5 Å². The van der Waals surface area contributed by atoms with Crippen LogP contribution in [0.5, 0.6) is 23.0 Å². The standard InChI is InChI=1S/C25H27NO6/c1-29-20-7-5-14(11-22(20)31-3)16-9-18-25(19(27)10-16)17(13-24(28)26-18)15-6-8-21(30-2)23(12-15)32-4/h5-8,11-12,16-17H,9-10,13H2,1-4H3,(H,26,28)/t16-,17+/m1/s1. The van der Waals surface area contributed by atoms with Gasteiger partial charge >= 0.3 is 0 Å². The maximum atomic E-state index is 13.3. The van der Waals surface area contributed by atoms with Crippen molar-refractivity contribution in [2.45, 2.75) is 31.1 Å². The second-order valence-electron chi connectivity index (χ2n) is 7.95. The zero-order valence-electron chi connectivity index (χ0n) is 18.7. The van der Waals surface area contributed by atoms with Crippen molar-refractivity contribution in [1.29, 1.82) is 0 Å². The second-order valence-corrected chi connectivity index (χ2v) is 7.95. The number of Topliss-reactive ketones (excluding diaryl/α,β-unsaturated/α-hetero) is 1. The summed E-state index contributed by atoms with van der Waals surface area (Å²) in [5, 5.41) is 2.96. The van der Waals surface area contributed by atoms with Crippen LogP contribution in [0.1, 0.15) is 42.2 Å². The smallest absolute Gasteiger partial charge is 0.225 e. The number of methoxy groups -OCH3 is 4. The van der Waals surface area contributed by atoms with Gasteiger partial charge in [-0.05, 0) is 47.7 Å². The van der Waals surface area contributed by atoms with E-state index in [2.05, 4.69) is 5.32 Å². The number of carbonyl (C=O) groups excluding carboxylic acids is 2. The highest BCUT2D eigenvalue weighted by Crippen LogP contribution is 2.45. The van der Waals surface area contributed by atoms with Gasteiger partial charge in [-0.3, -0.25) is 9.59 Å². The van der Waals surface area contributed by atoms with E-state index in [1.165, 1.54) is 0 Å². The fourth-order valence-corrected chi connectivity index (χ4v) is 4.66. The van der Waals surface area contributed by atoms with E-state index < -0.39 is 0 Å². The van der Waals surface area contributed by atoms with Gasteiger partial charge in [-0.15, -0.1) is 0 Å². The molecule has 2 aliphatic rings. The first kappa shape index (κ1) is 21.7. The Morgan fingerprint density at radius 2 is 1.28 bits per heavy atom. The summed E-state index contributed by atoms with van der Waals surface area (Å²) in [6.07, 6.45) is 1.17.